The number of nitrogens with one attached hydrogen (secondary N) is 1. The summed E-state index contributed by atoms with van der Waals surface area (Å²) in [6.07, 6.45) is 1.39. The number of amides is 4. The second kappa shape index (κ2) is 6.75. The van der Waals surface area contributed by atoms with E-state index in [0.717, 1.165) is 10.4 Å². The fourth-order valence-electron chi connectivity index (χ4n) is 3.26. The lowest BCUT2D eigenvalue weighted by Crippen LogP contribution is -2.54. The number of hydrogen-bond acceptors (Lipinski definition) is 4. The van der Waals surface area contributed by atoms with Crippen LogP contribution in [0.1, 0.15) is 5.56 Å². The number of rotatable bonds is 2. The van der Waals surface area contributed by atoms with Gasteiger partial charge in [-0.05, 0) is 48.0 Å². The Labute approximate surface area is 169 Å². The molecule has 1 fully saturated rings. The number of aromatic nitrogens is 2. The molecule has 0 atom stereocenters. The highest BCUT2D eigenvalue weighted by Gasteiger charge is 2.36. The Morgan fingerprint density at radius 2 is 1.55 bits per heavy atom. The highest BCUT2D eigenvalue weighted by molar-refractivity contribution is 6.39. The van der Waals surface area contributed by atoms with Crippen molar-refractivity contribution in [2.75, 3.05) is 4.90 Å². The number of hydrogen-bond donors (Lipinski definition) is 1. The van der Waals surface area contributed by atoms with Gasteiger partial charge in [0.15, 0.2) is 0 Å². The van der Waals surface area contributed by atoms with E-state index in [0.29, 0.717) is 16.1 Å². The van der Waals surface area contributed by atoms with Crippen molar-refractivity contribution in [3.8, 4) is 0 Å². The van der Waals surface area contributed by atoms with Gasteiger partial charge >= 0.3 is 11.7 Å². The molecule has 1 aromatic heterocycles. The number of imidazole rings is 1. The molecule has 0 spiro atoms. The summed E-state index contributed by atoms with van der Waals surface area (Å²) in [6.45, 7) is 0. The molecular weight excluding hydrogens is 396 g/mol. The minimum Gasteiger partial charge on any atom is -0.295 e. The lowest BCUT2D eigenvalue weighted by molar-refractivity contribution is -0.122. The van der Waals surface area contributed by atoms with Gasteiger partial charge in [0.05, 0.1) is 16.7 Å². The van der Waals surface area contributed by atoms with Gasteiger partial charge in [0.2, 0.25) is 0 Å². The van der Waals surface area contributed by atoms with Crippen molar-refractivity contribution in [3.63, 3.8) is 0 Å². The van der Waals surface area contributed by atoms with E-state index in [9.17, 15) is 19.2 Å². The van der Waals surface area contributed by atoms with Crippen LogP contribution in [0.15, 0.2) is 52.8 Å². The van der Waals surface area contributed by atoms with Gasteiger partial charge in [-0.25, -0.2) is 14.5 Å². The van der Waals surface area contributed by atoms with E-state index in [1.165, 1.54) is 27.3 Å². The predicted molar refractivity (Wildman–Crippen MR) is 109 cm³/mol. The Morgan fingerprint density at radius 3 is 2.24 bits per heavy atom. The number of urea groups is 1. The Hall–Kier alpha value is -3.65. The van der Waals surface area contributed by atoms with Crippen LogP contribution in [0.5, 0.6) is 0 Å². The summed E-state index contributed by atoms with van der Waals surface area (Å²) >= 11 is 5.86. The second-order valence-electron chi connectivity index (χ2n) is 6.58. The first-order valence-electron chi connectivity index (χ1n) is 8.60. The van der Waals surface area contributed by atoms with E-state index in [1.807, 2.05) is 0 Å². The third-order valence-electron chi connectivity index (χ3n) is 4.79. The maximum atomic E-state index is 12.9. The monoisotopic (exact) mass is 410 g/mol. The van der Waals surface area contributed by atoms with Gasteiger partial charge in [-0.15, -0.1) is 0 Å². The van der Waals surface area contributed by atoms with Crippen LogP contribution >= 0.6 is 11.6 Å². The van der Waals surface area contributed by atoms with Gasteiger partial charge in [0.25, 0.3) is 11.8 Å². The zero-order chi connectivity index (χ0) is 20.9. The summed E-state index contributed by atoms with van der Waals surface area (Å²) in [5, 5.41) is 2.62. The van der Waals surface area contributed by atoms with E-state index < -0.39 is 17.8 Å². The first-order valence-corrected chi connectivity index (χ1v) is 8.98. The second-order valence-corrected chi connectivity index (χ2v) is 7.02. The van der Waals surface area contributed by atoms with Gasteiger partial charge in [-0.3, -0.25) is 24.0 Å². The Balaban J connectivity index is 1.78. The first kappa shape index (κ1) is 18.7. The zero-order valence-electron chi connectivity index (χ0n) is 15.5. The minimum atomic E-state index is -0.833. The van der Waals surface area contributed by atoms with Crippen molar-refractivity contribution in [3.05, 3.63) is 69.1 Å². The van der Waals surface area contributed by atoms with Crippen LogP contribution in [0.4, 0.5) is 10.5 Å². The number of fused-ring (bicyclic) bond motifs is 1. The van der Waals surface area contributed by atoms with Crippen molar-refractivity contribution in [2.24, 2.45) is 14.1 Å². The van der Waals surface area contributed by atoms with E-state index >= 15 is 0 Å². The van der Waals surface area contributed by atoms with Crippen LogP contribution in [0, 0.1) is 0 Å². The SMILES string of the molecule is Cn1c(=O)n(C)c2cc(/C=C3/C(=O)NC(=O)N(c4ccc(Cl)cc4)C3=O)ccc21. The number of carbonyl (C=O) groups is 3. The Morgan fingerprint density at radius 1 is 0.897 bits per heavy atom. The van der Waals surface area contributed by atoms with Gasteiger partial charge in [-0.1, -0.05) is 17.7 Å². The fraction of sp³-hybridized carbons (Fsp3) is 0.100. The Kier molecular flexibility index (Phi) is 4.35. The molecule has 4 rings (SSSR count). The molecule has 9 heteroatoms. The molecule has 2 aromatic carbocycles. The number of halogens is 1. The third kappa shape index (κ3) is 3.03. The molecular formula is C20H15ClN4O4. The van der Waals surface area contributed by atoms with E-state index in [4.69, 9.17) is 11.6 Å². The van der Waals surface area contributed by atoms with E-state index in [2.05, 4.69) is 5.32 Å². The summed E-state index contributed by atoms with van der Waals surface area (Å²) < 4.78 is 2.98. The molecule has 1 N–H and O–H groups in total. The molecule has 8 nitrogen and oxygen atoms in total. The van der Waals surface area contributed by atoms with Crippen molar-refractivity contribution in [2.45, 2.75) is 0 Å². The van der Waals surface area contributed by atoms with Crippen molar-refractivity contribution < 1.29 is 14.4 Å². The molecule has 0 unspecified atom stereocenters. The average molecular weight is 411 g/mol. The maximum absolute atomic E-state index is 12.9. The van der Waals surface area contributed by atoms with Gasteiger partial charge in [0.1, 0.15) is 5.57 Å². The summed E-state index contributed by atoms with van der Waals surface area (Å²) in [5.74, 6) is -1.53. The lowest BCUT2D eigenvalue weighted by atomic mass is 10.1. The summed E-state index contributed by atoms with van der Waals surface area (Å²) in [4.78, 5) is 50.4. The number of aryl methyl sites for hydroxylation is 2. The number of barbiturate groups is 1. The van der Waals surface area contributed by atoms with Crippen molar-refractivity contribution in [1.29, 1.82) is 0 Å². The molecule has 2 heterocycles. The summed E-state index contributed by atoms with van der Waals surface area (Å²) in [7, 11) is 3.30. The normalized spacial score (nSPS) is 16.0. The predicted octanol–water partition coefficient (Wildman–Crippen LogP) is 2.20. The smallest absolute Gasteiger partial charge is 0.295 e. The minimum absolute atomic E-state index is 0.184. The number of anilines is 1. The maximum Gasteiger partial charge on any atom is 0.335 e. The molecule has 0 saturated carbocycles. The number of nitrogens with zero attached hydrogens (tertiary/aromatic N) is 3. The molecule has 1 aliphatic rings. The topological polar surface area (TPSA) is 93.4 Å². The lowest BCUT2D eigenvalue weighted by Gasteiger charge is -2.26. The third-order valence-corrected chi connectivity index (χ3v) is 5.05. The van der Waals surface area contributed by atoms with Crippen LogP contribution in [0.3, 0.4) is 0 Å². The molecule has 0 radical (unpaired) electrons. The van der Waals surface area contributed by atoms with Crippen LogP contribution in [-0.4, -0.2) is 27.0 Å². The van der Waals surface area contributed by atoms with Gasteiger partial charge in [-0.2, -0.15) is 0 Å². The van der Waals surface area contributed by atoms with Crippen LogP contribution < -0.4 is 15.9 Å². The molecule has 0 aliphatic carbocycles. The zero-order valence-corrected chi connectivity index (χ0v) is 16.2. The molecule has 29 heavy (non-hydrogen) atoms. The van der Waals surface area contributed by atoms with Gasteiger partial charge in [0, 0.05) is 19.1 Å². The highest BCUT2D eigenvalue weighted by Crippen LogP contribution is 2.24. The quantitative estimate of drug-likeness (QED) is 0.517. The average Bonchev–Trinajstić information content (AvgIpc) is 2.90. The van der Waals surface area contributed by atoms with Crippen LogP contribution in [0.25, 0.3) is 17.1 Å². The number of carbonyl (C=O) groups excluding carboxylic acids is 3. The molecule has 1 aliphatic heterocycles. The van der Waals surface area contributed by atoms with Crippen LogP contribution in [-0.2, 0) is 23.7 Å². The van der Waals surface area contributed by atoms with E-state index in [-0.39, 0.29) is 17.0 Å². The molecule has 146 valence electrons. The summed E-state index contributed by atoms with van der Waals surface area (Å²) in [5.41, 5.74) is 1.83. The van der Waals surface area contributed by atoms with Crippen molar-refractivity contribution in [1.82, 2.24) is 14.5 Å². The largest absolute Gasteiger partial charge is 0.335 e. The molecule has 1 saturated heterocycles. The van der Waals surface area contributed by atoms with Crippen molar-refractivity contribution >= 4 is 52.2 Å². The number of benzene rings is 2. The fourth-order valence-corrected chi connectivity index (χ4v) is 3.39. The van der Waals surface area contributed by atoms with E-state index in [1.54, 1.807) is 44.4 Å². The van der Waals surface area contributed by atoms with Gasteiger partial charge < -0.3 is 0 Å². The molecule has 0 bridgehead atoms. The molecule has 3 aromatic rings. The first-order chi connectivity index (χ1) is 13.8. The Bertz CT molecular complexity index is 1280. The molecule has 4 amide bonds. The number of imide groups is 2. The standard InChI is InChI=1S/C20H15ClN4O4/c1-23-15-8-3-11(10-16(15)24(2)20(23)29)9-14-17(26)22-19(28)25(18(14)27)13-6-4-12(21)5-7-13/h3-10H,1-2H3,(H,22,26,28)/b14-9-. The highest BCUT2D eigenvalue weighted by atomic mass is 35.5. The summed E-state index contributed by atoms with van der Waals surface area (Å²) in [6, 6.07) is 10.4. The van der Waals surface area contributed by atoms with Crippen LogP contribution in [0.2, 0.25) is 5.02 Å².